The molecule has 0 atom stereocenters. The van der Waals surface area contributed by atoms with Crippen molar-refractivity contribution >= 4 is 21.7 Å². The highest BCUT2D eigenvalue weighted by molar-refractivity contribution is 9.10. The molecule has 0 radical (unpaired) electrons. The van der Waals surface area contributed by atoms with Crippen LogP contribution in [0, 0.1) is 5.82 Å². The van der Waals surface area contributed by atoms with Crippen molar-refractivity contribution in [3.05, 3.63) is 63.4 Å². The molecule has 0 saturated carbocycles. The lowest BCUT2D eigenvalue weighted by Gasteiger charge is -2.08. The Kier molecular flexibility index (Phi) is 3.57. The first-order valence-corrected chi connectivity index (χ1v) is 7.15. The van der Waals surface area contributed by atoms with Crippen LogP contribution >= 0.6 is 15.9 Å². The van der Waals surface area contributed by atoms with Crippen LogP contribution in [0.25, 0.3) is 0 Å². The summed E-state index contributed by atoms with van der Waals surface area (Å²) in [6.45, 7) is 0.367. The molecule has 2 aromatic rings. The maximum atomic E-state index is 13.1. The zero-order valence-electron chi connectivity index (χ0n) is 10.7. The van der Waals surface area contributed by atoms with E-state index in [9.17, 15) is 9.18 Å². The van der Waals surface area contributed by atoms with Gasteiger partial charge in [0.25, 0.3) is 0 Å². The molecule has 2 nitrogen and oxygen atoms in total. The number of aryl methyl sites for hydroxylation is 1. The van der Waals surface area contributed by atoms with Crippen LogP contribution in [-0.4, -0.2) is 5.78 Å². The monoisotopic (exact) mass is 334 g/mol. The number of hydrogen-bond acceptors (Lipinski definition) is 2. The van der Waals surface area contributed by atoms with Gasteiger partial charge in [-0.15, -0.1) is 0 Å². The molecule has 0 bridgehead atoms. The van der Waals surface area contributed by atoms with Crippen LogP contribution in [0.2, 0.25) is 0 Å². The average molecular weight is 335 g/mol. The Balaban J connectivity index is 1.72. The van der Waals surface area contributed by atoms with Crippen LogP contribution < -0.4 is 4.74 Å². The summed E-state index contributed by atoms with van der Waals surface area (Å²) in [5.74, 6) is 0.651. The van der Waals surface area contributed by atoms with Crippen molar-refractivity contribution in [1.29, 1.82) is 0 Å². The van der Waals surface area contributed by atoms with Crippen molar-refractivity contribution in [3.8, 4) is 5.75 Å². The standard InChI is InChI=1S/C16H12BrFO2/c17-14-7-10(1-5-15(14)18)9-20-12-3-4-13-11(8-12)2-6-16(13)19/h1,3-5,7-8H,2,6,9H2. The Morgan fingerprint density at radius 2 is 2.00 bits per heavy atom. The molecule has 102 valence electrons. The molecular weight excluding hydrogens is 323 g/mol. The fourth-order valence-corrected chi connectivity index (χ4v) is 2.74. The van der Waals surface area contributed by atoms with Gasteiger partial charge in [0, 0.05) is 12.0 Å². The fourth-order valence-electron chi connectivity index (χ4n) is 2.32. The lowest BCUT2D eigenvalue weighted by atomic mass is 10.1. The van der Waals surface area contributed by atoms with Gasteiger partial charge in [-0.25, -0.2) is 4.39 Å². The molecule has 1 aliphatic rings. The Bertz CT molecular complexity index is 682. The van der Waals surface area contributed by atoms with Gasteiger partial charge in [-0.05, 0) is 63.8 Å². The summed E-state index contributed by atoms with van der Waals surface area (Å²) in [4.78, 5) is 11.5. The minimum absolute atomic E-state index is 0.203. The van der Waals surface area contributed by atoms with E-state index < -0.39 is 0 Å². The Morgan fingerprint density at radius 1 is 1.15 bits per heavy atom. The van der Waals surface area contributed by atoms with Gasteiger partial charge in [0.05, 0.1) is 4.47 Å². The summed E-state index contributed by atoms with van der Waals surface area (Å²) in [5.41, 5.74) is 2.74. The van der Waals surface area contributed by atoms with E-state index in [2.05, 4.69) is 15.9 Å². The SMILES string of the molecule is O=C1CCc2cc(OCc3ccc(F)c(Br)c3)ccc21. The number of carbonyl (C=O) groups is 1. The van der Waals surface area contributed by atoms with E-state index in [1.807, 2.05) is 12.1 Å². The van der Waals surface area contributed by atoms with E-state index in [0.717, 1.165) is 28.9 Å². The van der Waals surface area contributed by atoms with E-state index >= 15 is 0 Å². The Labute approximate surface area is 124 Å². The molecular formula is C16H12BrFO2. The molecule has 0 aromatic heterocycles. The van der Waals surface area contributed by atoms with Crippen LogP contribution in [0.3, 0.4) is 0 Å². The third-order valence-corrected chi connectivity index (χ3v) is 4.00. The quantitative estimate of drug-likeness (QED) is 0.836. The van der Waals surface area contributed by atoms with E-state index in [-0.39, 0.29) is 11.6 Å². The van der Waals surface area contributed by atoms with Crippen molar-refractivity contribution in [2.45, 2.75) is 19.4 Å². The number of hydrogen-bond donors (Lipinski definition) is 0. The predicted octanol–water partition coefficient (Wildman–Crippen LogP) is 4.30. The highest BCUT2D eigenvalue weighted by atomic mass is 79.9. The molecule has 3 rings (SSSR count). The Morgan fingerprint density at radius 3 is 2.80 bits per heavy atom. The van der Waals surface area contributed by atoms with Crippen molar-refractivity contribution in [1.82, 2.24) is 0 Å². The van der Waals surface area contributed by atoms with Crippen molar-refractivity contribution < 1.29 is 13.9 Å². The lowest BCUT2D eigenvalue weighted by molar-refractivity contribution is 0.0994. The molecule has 1 aliphatic carbocycles. The topological polar surface area (TPSA) is 26.3 Å². The van der Waals surface area contributed by atoms with E-state index in [1.54, 1.807) is 18.2 Å². The van der Waals surface area contributed by atoms with Crippen molar-refractivity contribution in [2.24, 2.45) is 0 Å². The van der Waals surface area contributed by atoms with Crippen LogP contribution in [0.4, 0.5) is 4.39 Å². The van der Waals surface area contributed by atoms with E-state index in [1.165, 1.54) is 6.07 Å². The molecule has 0 N–H and O–H groups in total. The number of carbonyl (C=O) groups excluding carboxylic acids is 1. The number of ketones is 1. The van der Waals surface area contributed by atoms with E-state index in [4.69, 9.17) is 4.74 Å². The van der Waals surface area contributed by atoms with Gasteiger partial charge in [-0.2, -0.15) is 0 Å². The summed E-state index contributed by atoms with van der Waals surface area (Å²) in [6, 6.07) is 10.3. The Hall–Kier alpha value is -1.68. The van der Waals surface area contributed by atoms with Gasteiger partial charge in [0.1, 0.15) is 18.2 Å². The first kappa shape index (κ1) is 13.3. The number of fused-ring (bicyclic) bond motifs is 1. The molecule has 4 heteroatoms. The van der Waals surface area contributed by atoms with Crippen LogP contribution in [0.15, 0.2) is 40.9 Å². The molecule has 0 aliphatic heterocycles. The molecule has 0 heterocycles. The van der Waals surface area contributed by atoms with Gasteiger partial charge in [-0.3, -0.25) is 4.79 Å². The van der Waals surface area contributed by atoms with Gasteiger partial charge in [-0.1, -0.05) is 6.07 Å². The van der Waals surface area contributed by atoms with Gasteiger partial charge >= 0.3 is 0 Å². The molecule has 2 aromatic carbocycles. The molecule has 20 heavy (non-hydrogen) atoms. The largest absolute Gasteiger partial charge is 0.489 e. The summed E-state index contributed by atoms with van der Waals surface area (Å²) in [6.07, 6.45) is 1.37. The number of Topliss-reactive ketones (excluding diaryl/α,β-unsaturated/α-hetero) is 1. The predicted molar refractivity (Wildman–Crippen MR) is 77.5 cm³/mol. The molecule has 0 spiro atoms. The van der Waals surface area contributed by atoms with E-state index in [0.29, 0.717) is 17.5 Å². The number of halogens is 2. The molecule has 0 saturated heterocycles. The van der Waals surface area contributed by atoms with Crippen molar-refractivity contribution in [2.75, 3.05) is 0 Å². The molecule has 0 unspecified atom stereocenters. The number of rotatable bonds is 3. The van der Waals surface area contributed by atoms with Gasteiger partial charge in [0.15, 0.2) is 5.78 Å². The van der Waals surface area contributed by atoms with Crippen LogP contribution in [0.5, 0.6) is 5.75 Å². The summed E-state index contributed by atoms with van der Waals surface area (Å²) in [7, 11) is 0. The zero-order chi connectivity index (χ0) is 14.1. The maximum Gasteiger partial charge on any atom is 0.163 e. The van der Waals surface area contributed by atoms with Crippen LogP contribution in [0.1, 0.15) is 27.9 Å². The highest BCUT2D eigenvalue weighted by Crippen LogP contribution is 2.26. The summed E-state index contributed by atoms with van der Waals surface area (Å²) >= 11 is 3.15. The number of benzene rings is 2. The van der Waals surface area contributed by atoms with Gasteiger partial charge in [0.2, 0.25) is 0 Å². The second-order valence-electron chi connectivity index (χ2n) is 4.78. The smallest absolute Gasteiger partial charge is 0.163 e. The highest BCUT2D eigenvalue weighted by Gasteiger charge is 2.19. The summed E-state index contributed by atoms with van der Waals surface area (Å²) in [5, 5.41) is 0. The van der Waals surface area contributed by atoms with Crippen LogP contribution in [-0.2, 0) is 13.0 Å². The first-order chi connectivity index (χ1) is 9.63. The molecule has 0 amide bonds. The minimum Gasteiger partial charge on any atom is -0.489 e. The summed E-state index contributed by atoms with van der Waals surface area (Å²) < 4.78 is 19.3. The van der Waals surface area contributed by atoms with Gasteiger partial charge < -0.3 is 4.74 Å². The third kappa shape index (κ3) is 2.61. The second-order valence-corrected chi connectivity index (χ2v) is 5.63. The van der Waals surface area contributed by atoms with Crippen molar-refractivity contribution in [3.63, 3.8) is 0 Å². The minimum atomic E-state index is -0.287. The lowest BCUT2D eigenvalue weighted by Crippen LogP contribution is -1.97. The zero-order valence-corrected chi connectivity index (χ0v) is 12.2. The fraction of sp³-hybridized carbons (Fsp3) is 0.188. The first-order valence-electron chi connectivity index (χ1n) is 6.36. The maximum absolute atomic E-state index is 13.1. The molecule has 0 fully saturated rings. The normalized spacial score (nSPS) is 13.4. The number of ether oxygens (including phenoxy) is 1. The average Bonchev–Trinajstić information content (AvgIpc) is 2.81. The third-order valence-electron chi connectivity index (χ3n) is 3.39. The second kappa shape index (κ2) is 5.37.